The molecule has 0 heterocycles. The summed E-state index contributed by atoms with van der Waals surface area (Å²) in [6.45, 7) is 6.05. The largest absolute Gasteiger partial charge is 0.493 e. The number of hydrogen-bond acceptors (Lipinski definition) is 5. The average Bonchev–Trinajstić information content (AvgIpc) is 2.72. The van der Waals surface area contributed by atoms with Gasteiger partial charge in [0.2, 0.25) is 0 Å². The van der Waals surface area contributed by atoms with Gasteiger partial charge in [-0.05, 0) is 61.7 Å². The number of rotatable bonds is 8. The van der Waals surface area contributed by atoms with Crippen LogP contribution in [0.1, 0.15) is 23.6 Å². The lowest BCUT2D eigenvalue weighted by atomic mass is 10.1. The summed E-state index contributed by atoms with van der Waals surface area (Å²) in [5.41, 5.74) is 7.35. The Labute approximate surface area is 170 Å². The number of methoxy groups -OCH3 is 1. The molecule has 0 saturated heterocycles. The van der Waals surface area contributed by atoms with Gasteiger partial charge in [0.25, 0.3) is 11.8 Å². The van der Waals surface area contributed by atoms with Crippen LogP contribution in [0.5, 0.6) is 17.2 Å². The molecule has 0 aliphatic rings. The molecule has 0 spiro atoms. The minimum atomic E-state index is -0.474. The number of amides is 2. The summed E-state index contributed by atoms with van der Waals surface area (Å²) in [6.07, 6.45) is 2.91. The first-order chi connectivity index (χ1) is 13.9. The Morgan fingerprint density at radius 2 is 1.76 bits per heavy atom. The Balaban J connectivity index is 1.83. The predicted molar refractivity (Wildman–Crippen MR) is 111 cm³/mol. The smallest absolute Gasteiger partial charge is 0.276 e. The normalized spacial score (nSPS) is 10.5. The zero-order valence-electron chi connectivity index (χ0n) is 17.1. The van der Waals surface area contributed by atoms with Crippen LogP contribution in [0.2, 0.25) is 0 Å². The Bertz CT molecular complexity index is 893. The van der Waals surface area contributed by atoms with Crippen molar-refractivity contribution in [2.75, 3.05) is 20.3 Å². The van der Waals surface area contributed by atoms with Crippen LogP contribution in [-0.4, -0.2) is 32.1 Å². The molecule has 0 saturated carbocycles. The summed E-state index contributed by atoms with van der Waals surface area (Å²) in [7, 11) is 1.55. The summed E-state index contributed by atoms with van der Waals surface area (Å²) < 4.78 is 16.2. The van der Waals surface area contributed by atoms with E-state index in [1.807, 2.05) is 39.0 Å². The molecule has 2 aromatic rings. The Kier molecular flexibility index (Phi) is 8.09. The molecule has 2 rings (SSSR count). The molecule has 7 heteroatoms. The molecule has 0 bridgehead atoms. The fourth-order valence-corrected chi connectivity index (χ4v) is 2.45. The molecule has 2 aromatic carbocycles. The first-order valence-electron chi connectivity index (χ1n) is 9.20. The van der Waals surface area contributed by atoms with Crippen LogP contribution >= 0.6 is 0 Å². The number of benzene rings is 2. The maximum atomic E-state index is 11.9. The van der Waals surface area contributed by atoms with Gasteiger partial charge in [0.1, 0.15) is 5.75 Å². The number of carbonyl (C=O) groups excluding carboxylic acids is 2. The van der Waals surface area contributed by atoms with Crippen molar-refractivity contribution in [3.63, 3.8) is 0 Å². The predicted octanol–water partition coefficient (Wildman–Crippen LogP) is 2.95. The highest BCUT2D eigenvalue weighted by atomic mass is 16.5. The van der Waals surface area contributed by atoms with Crippen molar-refractivity contribution in [3.05, 3.63) is 59.2 Å². The topological polar surface area (TPSA) is 85.9 Å². The van der Waals surface area contributed by atoms with Gasteiger partial charge in [-0.1, -0.05) is 18.2 Å². The molecule has 154 valence electrons. The van der Waals surface area contributed by atoms with E-state index in [0.717, 1.165) is 16.7 Å². The van der Waals surface area contributed by atoms with Gasteiger partial charge in [0.15, 0.2) is 18.1 Å². The molecule has 0 aliphatic carbocycles. The number of carbonyl (C=O) groups is 2. The van der Waals surface area contributed by atoms with Gasteiger partial charge in [-0.25, -0.2) is 0 Å². The highest BCUT2D eigenvalue weighted by Gasteiger charge is 2.07. The van der Waals surface area contributed by atoms with Gasteiger partial charge in [-0.2, -0.15) is 0 Å². The maximum absolute atomic E-state index is 11.9. The Morgan fingerprint density at radius 1 is 0.966 bits per heavy atom. The third kappa shape index (κ3) is 6.88. The van der Waals surface area contributed by atoms with Crippen molar-refractivity contribution in [1.29, 1.82) is 0 Å². The second kappa shape index (κ2) is 10.8. The molecular formula is C22H26N2O5. The molecule has 0 radical (unpaired) electrons. The standard InChI is InChI=1S/C22H26N2O5/c1-5-28-18-10-8-17(13-20(18)27-4)9-11-21(25)23-24-22(26)14-29-19-12-15(2)6-7-16(19)3/h6-13H,5,14H2,1-4H3,(H,23,25)(H,24,26)/b11-9+. The molecule has 0 unspecified atom stereocenters. The van der Waals surface area contributed by atoms with Gasteiger partial charge in [0.05, 0.1) is 13.7 Å². The van der Waals surface area contributed by atoms with Gasteiger partial charge in [-0.3, -0.25) is 20.4 Å². The molecule has 7 nitrogen and oxygen atoms in total. The molecule has 2 N–H and O–H groups in total. The van der Waals surface area contributed by atoms with E-state index in [9.17, 15) is 9.59 Å². The minimum Gasteiger partial charge on any atom is -0.493 e. The molecule has 0 atom stereocenters. The second-order valence-electron chi connectivity index (χ2n) is 6.27. The maximum Gasteiger partial charge on any atom is 0.276 e. The summed E-state index contributed by atoms with van der Waals surface area (Å²) >= 11 is 0. The van der Waals surface area contributed by atoms with E-state index in [0.29, 0.717) is 23.9 Å². The van der Waals surface area contributed by atoms with Crippen LogP contribution in [0.15, 0.2) is 42.5 Å². The minimum absolute atomic E-state index is 0.204. The molecule has 29 heavy (non-hydrogen) atoms. The van der Waals surface area contributed by atoms with Crippen LogP contribution in [0, 0.1) is 13.8 Å². The van der Waals surface area contributed by atoms with E-state index in [-0.39, 0.29) is 6.61 Å². The van der Waals surface area contributed by atoms with E-state index in [2.05, 4.69) is 10.9 Å². The Hall–Kier alpha value is -3.48. The SMILES string of the molecule is CCOc1ccc(/C=C/C(=O)NNC(=O)COc2cc(C)ccc2C)cc1OC. The lowest BCUT2D eigenvalue weighted by Crippen LogP contribution is -2.43. The van der Waals surface area contributed by atoms with Gasteiger partial charge < -0.3 is 14.2 Å². The van der Waals surface area contributed by atoms with Gasteiger partial charge >= 0.3 is 0 Å². The van der Waals surface area contributed by atoms with E-state index < -0.39 is 11.8 Å². The highest BCUT2D eigenvalue weighted by molar-refractivity contribution is 5.93. The second-order valence-corrected chi connectivity index (χ2v) is 6.27. The van der Waals surface area contributed by atoms with Crippen molar-refractivity contribution in [1.82, 2.24) is 10.9 Å². The quantitative estimate of drug-likeness (QED) is 0.527. The van der Waals surface area contributed by atoms with Crippen LogP contribution < -0.4 is 25.1 Å². The molecule has 2 amide bonds. The van der Waals surface area contributed by atoms with E-state index in [4.69, 9.17) is 14.2 Å². The number of hydrazine groups is 1. The molecular weight excluding hydrogens is 372 g/mol. The lowest BCUT2D eigenvalue weighted by Gasteiger charge is -2.10. The van der Waals surface area contributed by atoms with Crippen molar-refractivity contribution >= 4 is 17.9 Å². The van der Waals surface area contributed by atoms with Crippen molar-refractivity contribution in [3.8, 4) is 17.2 Å². The number of ether oxygens (including phenoxy) is 3. The fourth-order valence-electron chi connectivity index (χ4n) is 2.45. The van der Waals surface area contributed by atoms with Gasteiger partial charge in [-0.15, -0.1) is 0 Å². The van der Waals surface area contributed by atoms with E-state index in [1.165, 1.54) is 6.08 Å². The average molecular weight is 398 g/mol. The Morgan fingerprint density at radius 3 is 2.48 bits per heavy atom. The van der Waals surface area contributed by atoms with E-state index in [1.54, 1.807) is 31.4 Å². The van der Waals surface area contributed by atoms with Crippen molar-refractivity contribution < 1.29 is 23.8 Å². The first-order valence-corrected chi connectivity index (χ1v) is 9.20. The van der Waals surface area contributed by atoms with Crippen molar-refractivity contribution in [2.24, 2.45) is 0 Å². The highest BCUT2D eigenvalue weighted by Crippen LogP contribution is 2.28. The molecule has 0 aromatic heterocycles. The van der Waals surface area contributed by atoms with Crippen LogP contribution in [0.4, 0.5) is 0 Å². The fraction of sp³-hybridized carbons (Fsp3) is 0.273. The van der Waals surface area contributed by atoms with Crippen LogP contribution in [-0.2, 0) is 9.59 Å². The third-order valence-electron chi connectivity index (χ3n) is 3.94. The summed E-state index contributed by atoms with van der Waals surface area (Å²) in [4.78, 5) is 23.8. The zero-order chi connectivity index (χ0) is 21.2. The zero-order valence-corrected chi connectivity index (χ0v) is 17.1. The lowest BCUT2D eigenvalue weighted by molar-refractivity contribution is -0.128. The number of nitrogens with one attached hydrogen (secondary N) is 2. The third-order valence-corrected chi connectivity index (χ3v) is 3.94. The first kappa shape index (κ1) is 21.8. The van der Waals surface area contributed by atoms with E-state index >= 15 is 0 Å². The van der Waals surface area contributed by atoms with Crippen LogP contribution in [0.25, 0.3) is 6.08 Å². The number of hydrogen-bond donors (Lipinski definition) is 2. The summed E-state index contributed by atoms with van der Waals surface area (Å²) in [6, 6.07) is 11.1. The number of aryl methyl sites for hydroxylation is 2. The van der Waals surface area contributed by atoms with Gasteiger partial charge in [0, 0.05) is 6.08 Å². The molecule has 0 fully saturated rings. The monoisotopic (exact) mass is 398 g/mol. The summed E-state index contributed by atoms with van der Waals surface area (Å²) in [5, 5.41) is 0. The molecule has 0 aliphatic heterocycles. The van der Waals surface area contributed by atoms with Crippen LogP contribution in [0.3, 0.4) is 0 Å². The summed E-state index contributed by atoms with van der Waals surface area (Å²) in [5.74, 6) is 0.906. The van der Waals surface area contributed by atoms with Crippen molar-refractivity contribution in [2.45, 2.75) is 20.8 Å².